The lowest BCUT2D eigenvalue weighted by atomic mass is 10.1. The highest BCUT2D eigenvalue weighted by molar-refractivity contribution is 5.98. The summed E-state index contributed by atoms with van der Waals surface area (Å²) in [5, 5.41) is 30.0. The Morgan fingerprint density at radius 2 is 1.26 bits per heavy atom. The summed E-state index contributed by atoms with van der Waals surface area (Å²) in [6, 6.07) is 11.3. The number of benzene rings is 2. The van der Waals surface area contributed by atoms with Crippen molar-refractivity contribution in [3.8, 4) is 11.5 Å². The molecule has 0 saturated carbocycles. The number of nitrogens with two attached hydrogens (primary N) is 1. The molecule has 252 valence electrons. The summed E-state index contributed by atoms with van der Waals surface area (Å²) < 4.78 is 79.4. The van der Waals surface area contributed by atoms with Crippen LogP contribution in [-0.2, 0) is 19.1 Å². The molecule has 1 saturated heterocycles. The van der Waals surface area contributed by atoms with Gasteiger partial charge in [-0.15, -0.1) is 0 Å². The molecule has 1 fully saturated rings. The van der Waals surface area contributed by atoms with Crippen molar-refractivity contribution in [2.45, 2.75) is 32.1 Å². The van der Waals surface area contributed by atoms with Gasteiger partial charge >= 0.3 is 36.2 Å². The second-order valence-electron chi connectivity index (χ2n) is 8.88. The van der Waals surface area contributed by atoms with Gasteiger partial charge in [0.05, 0.1) is 5.56 Å². The van der Waals surface area contributed by atoms with Crippen LogP contribution < -0.4 is 15.2 Å². The molecule has 0 aliphatic carbocycles. The highest BCUT2D eigenvalue weighted by Gasteiger charge is 2.38. The molecule has 2 aromatic rings. The van der Waals surface area contributed by atoms with Crippen LogP contribution in [0.2, 0.25) is 0 Å². The molecule has 0 amide bonds. The van der Waals surface area contributed by atoms with Crippen LogP contribution in [0.5, 0.6) is 11.5 Å². The molecule has 2 aromatic carbocycles. The average Bonchev–Trinajstić information content (AvgIpc) is 3.50. The molecule has 3 rings (SSSR count). The van der Waals surface area contributed by atoms with Crippen LogP contribution in [-0.4, -0.2) is 89.3 Å². The van der Waals surface area contributed by atoms with E-state index in [1.165, 1.54) is 19.1 Å². The van der Waals surface area contributed by atoms with Gasteiger partial charge in [-0.1, -0.05) is 12.1 Å². The molecule has 19 heteroatoms. The van der Waals surface area contributed by atoms with Crippen molar-refractivity contribution in [2.75, 3.05) is 26.3 Å². The number of ether oxygens (including phenoxy) is 3. The first-order chi connectivity index (χ1) is 21.2. The lowest BCUT2D eigenvalue weighted by Gasteiger charge is -2.18. The Bertz CT molecular complexity index is 1380. The average molecular weight is 667 g/mol. The number of carboxylic acid groups (broad SMARTS) is 2. The monoisotopic (exact) mass is 666 g/mol. The van der Waals surface area contributed by atoms with Crippen molar-refractivity contribution >= 4 is 35.5 Å². The highest BCUT2D eigenvalue weighted by Crippen LogP contribution is 2.28. The third kappa shape index (κ3) is 13.5. The summed E-state index contributed by atoms with van der Waals surface area (Å²) in [5.74, 6) is -5.83. The van der Waals surface area contributed by atoms with E-state index in [9.17, 15) is 35.9 Å². The molecule has 0 bridgehead atoms. The van der Waals surface area contributed by atoms with Crippen LogP contribution in [0.25, 0.3) is 0 Å². The van der Waals surface area contributed by atoms with Crippen LogP contribution >= 0.6 is 0 Å². The van der Waals surface area contributed by atoms with E-state index in [2.05, 4.69) is 0 Å². The number of hydrogen-bond donors (Lipinski definition) is 5. The first kappa shape index (κ1) is 38.7. The smallest absolute Gasteiger partial charge is 0.486 e. The maximum atomic E-state index is 12.3. The fraction of sp³-hybridized carbons (Fsp3) is 0.333. The molecule has 1 aliphatic rings. The van der Waals surface area contributed by atoms with Crippen molar-refractivity contribution in [3.63, 3.8) is 0 Å². The van der Waals surface area contributed by atoms with Gasteiger partial charge in [0.15, 0.2) is 11.5 Å². The summed E-state index contributed by atoms with van der Waals surface area (Å²) in [4.78, 5) is 43.4. The number of carbonyl (C=O) groups excluding carboxylic acids is 2. The van der Waals surface area contributed by atoms with Crippen LogP contribution in [0.3, 0.4) is 0 Å². The van der Waals surface area contributed by atoms with Crippen LogP contribution in [0, 0.1) is 10.8 Å². The third-order valence-corrected chi connectivity index (χ3v) is 5.38. The van der Waals surface area contributed by atoms with Crippen LogP contribution in [0.4, 0.5) is 26.3 Å². The number of carboxylic acids is 2. The second kappa shape index (κ2) is 17.2. The van der Waals surface area contributed by atoms with Gasteiger partial charge in [0.2, 0.25) is 0 Å². The largest absolute Gasteiger partial charge is 0.490 e. The summed E-state index contributed by atoms with van der Waals surface area (Å²) in [6.07, 6.45) is -7.98. The standard InChI is InChI=1S/C23H26N4O5.2C2HF3O2/c1-15(28)32-19-9-8-18(21(24)25)14-20(19)30-12-13-31-23(29)17-6-4-16(5-7-17)22(26)27-10-2-3-11-27;2*3-2(4,5)1(6)7/h4-9,14,26H,2-3,10-13H2,1H3,(H3,24,25);2*(H,6,7). The van der Waals surface area contributed by atoms with Gasteiger partial charge in [-0.3, -0.25) is 15.6 Å². The number of nitrogens with one attached hydrogen (secondary N) is 2. The van der Waals surface area contributed by atoms with Crippen LogP contribution in [0.15, 0.2) is 42.5 Å². The lowest BCUT2D eigenvalue weighted by molar-refractivity contribution is -0.193. The van der Waals surface area contributed by atoms with E-state index in [0.717, 1.165) is 31.5 Å². The zero-order valence-electron chi connectivity index (χ0n) is 23.8. The van der Waals surface area contributed by atoms with Gasteiger partial charge in [-0.2, -0.15) is 26.3 Å². The molecular formula is C27H28F6N4O9. The SMILES string of the molecule is CC(=O)Oc1ccc(C(=N)N)cc1OCCOC(=O)c1ccc(C(=N)N2CCCC2)cc1.O=C(O)C(F)(F)F.O=C(O)C(F)(F)F. The van der Waals surface area contributed by atoms with Gasteiger partial charge in [0, 0.05) is 31.1 Å². The Morgan fingerprint density at radius 1 is 0.804 bits per heavy atom. The molecule has 0 radical (unpaired) electrons. The van der Waals surface area contributed by atoms with Crippen molar-refractivity contribution in [2.24, 2.45) is 5.73 Å². The minimum Gasteiger partial charge on any atom is -0.486 e. The van der Waals surface area contributed by atoms with E-state index >= 15 is 0 Å². The zero-order chi connectivity index (χ0) is 35.2. The summed E-state index contributed by atoms with van der Waals surface area (Å²) >= 11 is 0. The Kier molecular flexibility index (Phi) is 14.5. The Hall–Kier alpha value is -5.36. The number of rotatable bonds is 8. The van der Waals surface area contributed by atoms with Gasteiger partial charge in [-0.25, -0.2) is 14.4 Å². The quantitative estimate of drug-likeness (QED) is 0.0682. The fourth-order valence-electron chi connectivity index (χ4n) is 3.28. The van der Waals surface area contributed by atoms with Gasteiger partial charge in [0.1, 0.15) is 24.9 Å². The normalized spacial score (nSPS) is 12.4. The minimum atomic E-state index is -5.08. The second-order valence-corrected chi connectivity index (χ2v) is 8.88. The number of esters is 2. The molecule has 0 spiro atoms. The molecule has 0 unspecified atom stereocenters. The third-order valence-electron chi connectivity index (χ3n) is 5.38. The predicted octanol–water partition coefficient (Wildman–Crippen LogP) is 3.82. The summed E-state index contributed by atoms with van der Waals surface area (Å²) in [5.41, 5.74) is 7.04. The van der Waals surface area contributed by atoms with E-state index in [4.69, 9.17) is 50.6 Å². The number of halogens is 6. The molecule has 46 heavy (non-hydrogen) atoms. The number of aliphatic carboxylic acids is 2. The van der Waals surface area contributed by atoms with E-state index in [1.54, 1.807) is 30.3 Å². The predicted molar refractivity (Wildman–Crippen MR) is 146 cm³/mol. The highest BCUT2D eigenvalue weighted by atomic mass is 19.4. The number of likely N-dealkylation sites (tertiary alicyclic amines) is 1. The minimum absolute atomic E-state index is 0.0129. The van der Waals surface area contributed by atoms with E-state index in [1.807, 2.05) is 4.90 Å². The maximum Gasteiger partial charge on any atom is 0.490 e. The summed E-state index contributed by atoms with van der Waals surface area (Å²) in [6.45, 7) is 3.02. The molecule has 1 heterocycles. The molecular weight excluding hydrogens is 638 g/mol. The number of alkyl halides is 6. The molecule has 13 nitrogen and oxygen atoms in total. The topological polar surface area (TPSA) is 213 Å². The maximum absolute atomic E-state index is 12.3. The van der Waals surface area contributed by atoms with E-state index < -0.39 is 36.2 Å². The van der Waals surface area contributed by atoms with Gasteiger partial charge in [0.25, 0.3) is 0 Å². The number of hydrogen-bond acceptors (Lipinski definition) is 9. The molecule has 0 atom stereocenters. The van der Waals surface area contributed by atoms with Crippen LogP contribution in [0.1, 0.15) is 41.3 Å². The first-order valence-electron chi connectivity index (χ1n) is 12.7. The Morgan fingerprint density at radius 3 is 1.70 bits per heavy atom. The number of amidine groups is 2. The van der Waals surface area contributed by atoms with Gasteiger partial charge < -0.3 is 35.1 Å². The summed E-state index contributed by atoms with van der Waals surface area (Å²) in [7, 11) is 0. The lowest BCUT2D eigenvalue weighted by Crippen LogP contribution is -2.27. The van der Waals surface area contributed by atoms with E-state index in [0.29, 0.717) is 17.0 Å². The van der Waals surface area contributed by atoms with Crippen molar-refractivity contribution < 1.29 is 69.9 Å². The number of nitrogen functional groups attached to an aromatic ring is 1. The molecule has 1 aliphatic heterocycles. The van der Waals surface area contributed by atoms with Crippen molar-refractivity contribution in [1.29, 1.82) is 10.8 Å². The Balaban J connectivity index is 0.000000629. The number of carbonyl (C=O) groups is 4. The van der Waals surface area contributed by atoms with Gasteiger partial charge in [-0.05, 0) is 43.2 Å². The molecule has 6 N–H and O–H groups in total. The van der Waals surface area contributed by atoms with E-state index in [-0.39, 0.29) is 30.5 Å². The fourth-order valence-corrected chi connectivity index (χ4v) is 3.28. The van der Waals surface area contributed by atoms with Crippen molar-refractivity contribution in [3.05, 3.63) is 59.2 Å². The molecule has 0 aromatic heterocycles. The van der Waals surface area contributed by atoms with Crippen molar-refractivity contribution in [1.82, 2.24) is 4.90 Å². The number of nitrogens with zero attached hydrogens (tertiary/aromatic N) is 1. The zero-order valence-corrected chi connectivity index (χ0v) is 23.8. The first-order valence-corrected chi connectivity index (χ1v) is 12.7. The Labute approximate surface area is 256 Å².